The monoisotopic (exact) mass is 388 g/mol. The standard InChI is InChI=1S/C17H13BrN2O4/c1-19-9-10(16(22)20(2)17(19)23)3-5-13(21)15-8-11-7-12(18)4-6-14(11)24-15/h3-9H,1-2H3/b5-3+. The number of carbonyl (C=O) groups is 1. The van der Waals surface area contributed by atoms with E-state index in [2.05, 4.69) is 15.9 Å². The molecule has 3 aromatic rings. The first kappa shape index (κ1) is 16.2. The molecule has 0 spiro atoms. The molecule has 0 aliphatic rings. The van der Waals surface area contributed by atoms with Gasteiger partial charge < -0.3 is 8.98 Å². The Balaban J connectivity index is 1.95. The van der Waals surface area contributed by atoms with Gasteiger partial charge in [-0.05, 0) is 36.4 Å². The van der Waals surface area contributed by atoms with Crippen LogP contribution in [-0.4, -0.2) is 14.9 Å². The van der Waals surface area contributed by atoms with Gasteiger partial charge in [0, 0.05) is 30.2 Å². The second-order valence-corrected chi connectivity index (χ2v) is 6.25. The van der Waals surface area contributed by atoms with Gasteiger partial charge in [0.1, 0.15) is 5.58 Å². The molecule has 7 heteroatoms. The highest BCUT2D eigenvalue weighted by Gasteiger charge is 2.11. The summed E-state index contributed by atoms with van der Waals surface area (Å²) in [4.78, 5) is 35.9. The van der Waals surface area contributed by atoms with Gasteiger partial charge in [0.2, 0.25) is 5.78 Å². The highest BCUT2D eigenvalue weighted by atomic mass is 79.9. The summed E-state index contributed by atoms with van der Waals surface area (Å²) in [7, 11) is 2.93. The number of carbonyl (C=O) groups excluding carboxylic acids is 1. The summed E-state index contributed by atoms with van der Waals surface area (Å²) in [6.07, 6.45) is 4.03. The Labute approximate surface area is 144 Å². The summed E-state index contributed by atoms with van der Waals surface area (Å²) in [5.74, 6) is -0.181. The molecule has 0 bridgehead atoms. The maximum absolute atomic E-state index is 12.3. The van der Waals surface area contributed by atoms with Gasteiger partial charge in [-0.25, -0.2) is 4.79 Å². The van der Waals surface area contributed by atoms with E-state index in [-0.39, 0.29) is 17.1 Å². The minimum Gasteiger partial charge on any atom is -0.453 e. The third kappa shape index (κ3) is 2.90. The van der Waals surface area contributed by atoms with Crippen LogP contribution in [0.2, 0.25) is 0 Å². The summed E-state index contributed by atoms with van der Waals surface area (Å²) in [5, 5.41) is 0.805. The van der Waals surface area contributed by atoms with Crippen LogP contribution in [0.4, 0.5) is 0 Å². The van der Waals surface area contributed by atoms with Crippen molar-refractivity contribution in [1.82, 2.24) is 9.13 Å². The van der Waals surface area contributed by atoms with Crippen LogP contribution in [0.15, 0.2) is 55.0 Å². The SMILES string of the molecule is Cn1cc(/C=C/C(=O)c2cc3cc(Br)ccc3o2)c(=O)n(C)c1=O. The van der Waals surface area contributed by atoms with Crippen LogP contribution in [-0.2, 0) is 14.1 Å². The van der Waals surface area contributed by atoms with Crippen LogP contribution in [0.5, 0.6) is 0 Å². The van der Waals surface area contributed by atoms with Crippen LogP contribution in [0.1, 0.15) is 16.1 Å². The van der Waals surface area contributed by atoms with E-state index in [1.165, 1.54) is 37.0 Å². The van der Waals surface area contributed by atoms with Crippen molar-refractivity contribution >= 4 is 38.8 Å². The van der Waals surface area contributed by atoms with Crippen molar-refractivity contribution in [3.8, 4) is 0 Å². The van der Waals surface area contributed by atoms with E-state index in [0.717, 1.165) is 14.4 Å². The molecule has 6 nitrogen and oxygen atoms in total. The Hall–Kier alpha value is -2.67. The van der Waals surface area contributed by atoms with Gasteiger partial charge in [-0.15, -0.1) is 0 Å². The minimum atomic E-state index is -0.462. The average molecular weight is 389 g/mol. The van der Waals surface area contributed by atoms with Crippen LogP contribution >= 0.6 is 15.9 Å². The number of furan rings is 1. The molecule has 0 saturated carbocycles. The van der Waals surface area contributed by atoms with Crippen molar-refractivity contribution in [2.45, 2.75) is 0 Å². The number of aromatic nitrogens is 2. The number of benzene rings is 1. The maximum Gasteiger partial charge on any atom is 0.330 e. The predicted octanol–water partition coefficient (Wildman–Crippen LogP) is 2.49. The van der Waals surface area contributed by atoms with Gasteiger partial charge in [0.25, 0.3) is 5.56 Å². The second-order valence-electron chi connectivity index (χ2n) is 5.33. The molecule has 2 heterocycles. The van der Waals surface area contributed by atoms with Crippen molar-refractivity contribution in [3.63, 3.8) is 0 Å². The van der Waals surface area contributed by atoms with Crippen LogP contribution in [0, 0.1) is 0 Å². The summed E-state index contributed by atoms with van der Waals surface area (Å²) >= 11 is 3.36. The average Bonchev–Trinajstić information content (AvgIpc) is 2.97. The second kappa shape index (κ2) is 6.09. The molecule has 24 heavy (non-hydrogen) atoms. The van der Waals surface area contributed by atoms with E-state index in [1.54, 1.807) is 12.1 Å². The van der Waals surface area contributed by atoms with Gasteiger partial charge >= 0.3 is 5.69 Å². The maximum atomic E-state index is 12.3. The smallest absolute Gasteiger partial charge is 0.330 e. The van der Waals surface area contributed by atoms with Crippen molar-refractivity contribution < 1.29 is 9.21 Å². The molecule has 2 aromatic heterocycles. The van der Waals surface area contributed by atoms with Gasteiger partial charge in [0.05, 0.1) is 5.56 Å². The number of aryl methyl sites for hydroxylation is 1. The van der Waals surface area contributed by atoms with E-state index in [9.17, 15) is 14.4 Å². The third-order valence-corrected chi connectivity index (χ3v) is 4.10. The highest BCUT2D eigenvalue weighted by Crippen LogP contribution is 2.23. The molecule has 3 rings (SSSR count). The zero-order valence-corrected chi connectivity index (χ0v) is 14.5. The zero-order valence-electron chi connectivity index (χ0n) is 12.9. The van der Waals surface area contributed by atoms with Crippen molar-refractivity contribution in [1.29, 1.82) is 0 Å². The topological polar surface area (TPSA) is 74.2 Å². The summed E-state index contributed by atoms with van der Waals surface area (Å²) < 4.78 is 8.67. The Bertz CT molecular complexity index is 1100. The lowest BCUT2D eigenvalue weighted by atomic mass is 10.2. The van der Waals surface area contributed by atoms with Gasteiger partial charge in [-0.3, -0.25) is 14.2 Å². The van der Waals surface area contributed by atoms with Crippen LogP contribution in [0.25, 0.3) is 17.0 Å². The number of allylic oxidation sites excluding steroid dienone is 1. The molecule has 0 atom stereocenters. The number of rotatable bonds is 3. The largest absolute Gasteiger partial charge is 0.453 e. The van der Waals surface area contributed by atoms with E-state index in [4.69, 9.17) is 4.42 Å². The first-order valence-electron chi connectivity index (χ1n) is 7.05. The predicted molar refractivity (Wildman–Crippen MR) is 94.2 cm³/mol. The Morgan fingerprint density at radius 3 is 2.71 bits per heavy atom. The minimum absolute atomic E-state index is 0.181. The molecular weight excluding hydrogens is 376 g/mol. The number of nitrogens with zero attached hydrogens (tertiary/aromatic N) is 2. The molecule has 0 radical (unpaired) electrons. The van der Waals surface area contributed by atoms with E-state index in [1.807, 2.05) is 12.1 Å². The van der Waals surface area contributed by atoms with E-state index >= 15 is 0 Å². The first-order valence-corrected chi connectivity index (χ1v) is 7.84. The molecule has 0 N–H and O–H groups in total. The summed E-state index contributed by atoms with van der Waals surface area (Å²) in [6, 6.07) is 7.08. The lowest BCUT2D eigenvalue weighted by Crippen LogP contribution is -2.37. The Morgan fingerprint density at radius 2 is 1.96 bits per heavy atom. The van der Waals surface area contributed by atoms with Crippen LogP contribution in [0.3, 0.4) is 0 Å². The normalized spacial score (nSPS) is 11.5. The number of hydrogen-bond acceptors (Lipinski definition) is 4. The zero-order chi connectivity index (χ0) is 17.4. The third-order valence-electron chi connectivity index (χ3n) is 3.61. The van der Waals surface area contributed by atoms with E-state index < -0.39 is 11.2 Å². The lowest BCUT2D eigenvalue weighted by Gasteiger charge is -2.02. The van der Waals surface area contributed by atoms with Crippen LogP contribution < -0.4 is 11.2 Å². The number of ketones is 1. The molecule has 0 fully saturated rings. The van der Waals surface area contributed by atoms with Gasteiger partial charge in [-0.2, -0.15) is 0 Å². The molecule has 0 aliphatic carbocycles. The van der Waals surface area contributed by atoms with Crippen molar-refractivity contribution in [2.75, 3.05) is 0 Å². The lowest BCUT2D eigenvalue weighted by molar-refractivity contribution is 0.102. The fraction of sp³-hybridized carbons (Fsp3) is 0.118. The molecule has 0 unspecified atom stereocenters. The fourth-order valence-electron chi connectivity index (χ4n) is 2.33. The first-order chi connectivity index (χ1) is 11.4. The number of hydrogen-bond donors (Lipinski definition) is 0. The molecule has 0 saturated heterocycles. The Morgan fingerprint density at radius 1 is 1.21 bits per heavy atom. The molecule has 0 amide bonds. The quantitative estimate of drug-likeness (QED) is 0.510. The number of halogens is 1. The fourth-order valence-corrected chi connectivity index (χ4v) is 2.71. The summed E-state index contributed by atoms with van der Waals surface area (Å²) in [5.41, 5.74) is -0.0400. The van der Waals surface area contributed by atoms with Crippen molar-refractivity contribution in [3.05, 3.63) is 73.2 Å². The molecular formula is C17H13BrN2O4. The highest BCUT2D eigenvalue weighted by molar-refractivity contribution is 9.10. The molecule has 1 aromatic carbocycles. The Kier molecular flexibility index (Phi) is 4.11. The van der Waals surface area contributed by atoms with E-state index in [0.29, 0.717) is 5.58 Å². The molecule has 122 valence electrons. The summed E-state index contributed by atoms with van der Waals surface area (Å²) in [6.45, 7) is 0. The van der Waals surface area contributed by atoms with Gasteiger partial charge in [-0.1, -0.05) is 15.9 Å². The van der Waals surface area contributed by atoms with Gasteiger partial charge in [0.15, 0.2) is 5.76 Å². The molecule has 0 aliphatic heterocycles. The van der Waals surface area contributed by atoms with Crippen molar-refractivity contribution in [2.24, 2.45) is 14.1 Å². The number of fused-ring (bicyclic) bond motifs is 1.